The van der Waals surface area contributed by atoms with Crippen LogP contribution in [0.3, 0.4) is 0 Å². The molecule has 0 unspecified atom stereocenters. The fourth-order valence-corrected chi connectivity index (χ4v) is 3.45. The van der Waals surface area contributed by atoms with Crippen molar-refractivity contribution in [3.05, 3.63) is 47.0 Å². The van der Waals surface area contributed by atoms with Crippen LogP contribution in [0.25, 0.3) is 11.1 Å². The van der Waals surface area contributed by atoms with Gasteiger partial charge in [0.2, 0.25) is 0 Å². The van der Waals surface area contributed by atoms with E-state index in [1.165, 1.54) is 26.4 Å². The third-order valence-corrected chi connectivity index (χ3v) is 4.95. The van der Waals surface area contributed by atoms with Crippen LogP contribution in [-0.2, 0) is 11.2 Å². The number of ether oxygens (including phenoxy) is 2. The summed E-state index contributed by atoms with van der Waals surface area (Å²) in [6.07, 6.45) is 6.48. The molecule has 0 amide bonds. The highest BCUT2D eigenvalue weighted by Gasteiger charge is 2.24. The minimum absolute atomic E-state index is 0.0262. The summed E-state index contributed by atoms with van der Waals surface area (Å²) in [6, 6.07) is 9.42. The number of hydrogen-bond acceptors (Lipinski definition) is 4. The molecular formula is C23H30O4. The minimum Gasteiger partial charge on any atom is -0.507 e. The Hall–Kier alpha value is -2.49. The molecule has 146 valence electrons. The van der Waals surface area contributed by atoms with Gasteiger partial charge in [-0.05, 0) is 43.0 Å². The van der Waals surface area contributed by atoms with Crippen LogP contribution < -0.4 is 4.74 Å². The molecule has 0 saturated carbocycles. The summed E-state index contributed by atoms with van der Waals surface area (Å²) in [4.78, 5) is 12.5. The highest BCUT2D eigenvalue weighted by molar-refractivity contribution is 6.01. The predicted molar refractivity (Wildman–Crippen MR) is 109 cm³/mol. The van der Waals surface area contributed by atoms with Gasteiger partial charge in [0.05, 0.1) is 14.2 Å². The summed E-state index contributed by atoms with van der Waals surface area (Å²) < 4.78 is 10.4. The zero-order valence-corrected chi connectivity index (χ0v) is 16.8. The number of phenols is 1. The zero-order chi connectivity index (χ0) is 19.8. The Bertz CT molecular complexity index is 780. The smallest absolute Gasteiger partial charge is 0.342 e. The molecular weight excluding hydrogens is 340 g/mol. The topological polar surface area (TPSA) is 55.8 Å². The summed E-state index contributed by atoms with van der Waals surface area (Å²) in [7, 11) is 2.92. The van der Waals surface area contributed by atoms with Crippen LogP contribution in [0, 0.1) is 6.92 Å². The van der Waals surface area contributed by atoms with Crippen LogP contribution in [0.1, 0.15) is 60.5 Å². The number of carbonyl (C=O) groups is 1. The Kier molecular flexibility index (Phi) is 7.71. The molecule has 4 nitrogen and oxygen atoms in total. The van der Waals surface area contributed by atoms with Crippen molar-refractivity contribution in [2.24, 2.45) is 0 Å². The van der Waals surface area contributed by atoms with E-state index in [9.17, 15) is 9.90 Å². The number of para-hydroxylation sites is 1. The summed E-state index contributed by atoms with van der Waals surface area (Å²) in [5.74, 6) is 0.132. The van der Waals surface area contributed by atoms with Gasteiger partial charge in [0.25, 0.3) is 0 Å². The molecule has 0 aromatic heterocycles. The molecule has 0 bridgehead atoms. The number of carbonyl (C=O) groups excluding carboxylic acids is 1. The lowest BCUT2D eigenvalue weighted by molar-refractivity contribution is 0.0598. The molecule has 0 aliphatic rings. The van der Waals surface area contributed by atoms with Crippen molar-refractivity contribution in [2.75, 3.05) is 14.2 Å². The van der Waals surface area contributed by atoms with Gasteiger partial charge in [0.15, 0.2) is 0 Å². The second-order valence-electron chi connectivity index (χ2n) is 6.80. The van der Waals surface area contributed by atoms with E-state index in [1.807, 2.05) is 37.3 Å². The van der Waals surface area contributed by atoms with Gasteiger partial charge in [-0.15, -0.1) is 0 Å². The van der Waals surface area contributed by atoms with E-state index in [2.05, 4.69) is 6.92 Å². The van der Waals surface area contributed by atoms with E-state index in [0.717, 1.165) is 36.0 Å². The average Bonchev–Trinajstić information content (AvgIpc) is 2.68. The van der Waals surface area contributed by atoms with Gasteiger partial charge >= 0.3 is 5.97 Å². The van der Waals surface area contributed by atoms with Crippen LogP contribution in [0.15, 0.2) is 30.3 Å². The number of aryl methyl sites for hydroxylation is 1. The van der Waals surface area contributed by atoms with E-state index in [4.69, 9.17) is 9.47 Å². The van der Waals surface area contributed by atoms with Crippen molar-refractivity contribution in [2.45, 2.75) is 52.4 Å². The van der Waals surface area contributed by atoms with Crippen LogP contribution in [0.4, 0.5) is 0 Å². The monoisotopic (exact) mass is 370 g/mol. The highest BCUT2D eigenvalue weighted by Crippen LogP contribution is 2.40. The van der Waals surface area contributed by atoms with Crippen LogP contribution in [0.2, 0.25) is 0 Å². The number of aromatic hydroxyl groups is 1. The highest BCUT2D eigenvalue weighted by atomic mass is 16.5. The lowest BCUT2D eigenvalue weighted by atomic mass is 9.90. The average molecular weight is 370 g/mol. The summed E-state index contributed by atoms with van der Waals surface area (Å²) in [5, 5.41) is 10.9. The number of phenolic OH excluding ortho intramolecular Hbond substituents is 1. The van der Waals surface area contributed by atoms with Crippen molar-refractivity contribution in [3.63, 3.8) is 0 Å². The molecule has 0 aliphatic heterocycles. The second kappa shape index (κ2) is 10.0. The Morgan fingerprint density at radius 1 is 1.04 bits per heavy atom. The standard InChI is InChI=1S/C23H30O4/c1-5-6-7-8-9-12-17-16(2)15-19(21(22(17)24)23(25)27-4)18-13-10-11-14-20(18)26-3/h10-11,13-15,24H,5-9,12H2,1-4H3. The molecule has 0 atom stereocenters. The van der Waals surface area contributed by atoms with Gasteiger partial charge in [0, 0.05) is 11.1 Å². The molecule has 27 heavy (non-hydrogen) atoms. The molecule has 0 fully saturated rings. The number of benzene rings is 2. The van der Waals surface area contributed by atoms with Gasteiger partial charge in [-0.1, -0.05) is 50.8 Å². The summed E-state index contributed by atoms with van der Waals surface area (Å²) >= 11 is 0. The molecule has 2 aromatic rings. The van der Waals surface area contributed by atoms with Gasteiger partial charge in [0.1, 0.15) is 17.1 Å². The first kappa shape index (κ1) is 20.8. The van der Waals surface area contributed by atoms with Gasteiger partial charge in [-0.2, -0.15) is 0 Å². The predicted octanol–water partition coefficient (Wildman–Crippen LogP) is 5.68. The quantitative estimate of drug-likeness (QED) is 0.456. The fourth-order valence-electron chi connectivity index (χ4n) is 3.45. The van der Waals surface area contributed by atoms with E-state index < -0.39 is 5.97 Å². The summed E-state index contributed by atoms with van der Waals surface area (Å²) in [5.41, 5.74) is 3.38. The Morgan fingerprint density at radius 2 is 1.74 bits per heavy atom. The number of esters is 1. The van der Waals surface area contributed by atoms with Crippen molar-refractivity contribution in [3.8, 4) is 22.6 Å². The van der Waals surface area contributed by atoms with E-state index >= 15 is 0 Å². The van der Waals surface area contributed by atoms with Gasteiger partial charge in [-0.25, -0.2) is 4.79 Å². The molecule has 0 heterocycles. The molecule has 2 aromatic carbocycles. The first-order valence-electron chi connectivity index (χ1n) is 9.62. The maximum atomic E-state index is 12.5. The van der Waals surface area contributed by atoms with E-state index in [0.29, 0.717) is 11.3 Å². The fraction of sp³-hybridized carbons (Fsp3) is 0.435. The number of methoxy groups -OCH3 is 2. The molecule has 1 N–H and O–H groups in total. The lowest BCUT2D eigenvalue weighted by Crippen LogP contribution is -2.08. The van der Waals surface area contributed by atoms with Crippen molar-refractivity contribution < 1.29 is 19.4 Å². The molecule has 0 spiro atoms. The summed E-state index contributed by atoms with van der Waals surface area (Å²) in [6.45, 7) is 4.16. The van der Waals surface area contributed by atoms with Crippen LogP contribution in [-0.4, -0.2) is 25.3 Å². The zero-order valence-electron chi connectivity index (χ0n) is 16.8. The Balaban J connectivity index is 2.48. The molecule has 0 aliphatic carbocycles. The molecule has 2 rings (SSSR count). The van der Waals surface area contributed by atoms with Crippen LogP contribution in [0.5, 0.6) is 11.5 Å². The maximum absolute atomic E-state index is 12.5. The maximum Gasteiger partial charge on any atom is 0.342 e. The van der Waals surface area contributed by atoms with Crippen LogP contribution >= 0.6 is 0 Å². The van der Waals surface area contributed by atoms with Crippen molar-refractivity contribution >= 4 is 5.97 Å². The minimum atomic E-state index is -0.541. The van der Waals surface area contributed by atoms with Crippen molar-refractivity contribution in [1.29, 1.82) is 0 Å². The largest absolute Gasteiger partial charge is 0.507 e. The third kappa shape index (κ3) is 4.82. The van der Waals surface area contributed by atoms with Crippen molar-refractivity contribution in [1.82, 2.24) is 0 Å². The van der Waals surface area contributed by atoms with E-state index in [-0.39, 0.29) is 11.3 Å². The Labute approximate surface area is 162 Å². The second-order valence-corrected chi connectivity index (χ2v) is 6.80. The molecule has 4 heteroatoms. The van der Waals surface area contributed by atoms with Gasteiger partial charge < -0.3 is 14.6 Å². The first-order valence-corrected chi connectivity index (χ1v) is 9.62. The molecule has 0 saturated heterocycles. The Morgan fingerprint density at radius 3 is 2.41 bits per heavy atom. The first-order chi connectivity index (χ1) is 13.0. The number of hydrogen-bond donors (Lipinski definition) is 1. The lowest BCUT2D eigenvalue weighted by Gasteiger charge is -2.18. The van der Waals surface area contributed by atoms with Gasteiger partial charge in [-0.3, -0.25) is 0 Å². The number of unbranched alkanes of at least 4 members (excludes halogenated alkanes) is 4. The van der Waals surface area contributed by atoms with E-state index in [1.54, 1.807) is 7.11 Å². The number of rotatable bonds is 9. The molecule has 0 radical (unpaired) electrons. The third-order valence-electron chi connectivity index (χ3n) is 4.95. The SMILES string of the molecule is CCCCCCCc1c(C)cc(-c2ccccc2OC)c(C(=O)OC)c1O. The normalized spacial score (nSPS) is 10.7.